The summed E-state index contributed by atoms with van der Waals surface area (Å²) in [5.74, 6) is 0.374. The van der Waals surface area contributed by atoms with Crippen molar-refractivity contribution >= 4 is 17.0 Å². The second-order valence-corrected chi connectivity index (χ2v) is 5.06. The molecule has 7 nitrogen and oxygen atoms in total. The summed E-state index contributed by atoms with van der Waals surface area (Å²) < 4.78 is 5.11. The third-order valence-electron chi connectivity index (χ3n) is 2.69. The summed E-state index contributed by atoms with van der Waals surface area (Å²) in [4.78, 5) is 15.8. The Labute approximate surface area is 122 Å². The molecule has 2 aromatic heterocycles. The lowest BCUT2D eigenvalue weighted by atomic mass is 10.2. The minimum atomic E-state index is -0.496. The molecule has 0 aliphatic rings. The Bertz CT molecular complexity index is 862. The van der Waals surface area contributed by atoms with Gasteiger partial charge in [-0.2, -0.15) is 10.2 Å². The van der Waals surface area contributed by atoms with Gasteiger partial charge in [0.2, 0.25) is 5.82 Å². The maximum absolute atomic E-state index is 11.0. The van der Waals surface area contributed by atoms with Gasteiger partial charge in [-0.1, -0.05) is 17.3 Å². The number of thiophene rings is 1. The van der Waals surface area contributed by atoms with Crippen LogP contribution >= 0.6 is 11.3 Å². The van der Waals surface area contributed by atoms with Gasteiger partial charge < -0.3 is 4.52 Å². The van der Waals surface area contributed by atoms with Gasteiger partial charge in [0.25, 0.3) is 11.6 Å². The number of rotatable bonds is 3. The van der Waals surface area contributed by atoms with E-state index < -0.39 is 4.92 Å². The number of nitro groups is 1. The monoisotopic (exact) mass is 298 g/mol. The van der Waals surface area contributed by atoms with Crippen molar-refractivity contribution < 1.29 is 9.45 Å². The molecule has 3 aromatic rings. The van der Waals surface area contributed by atoms with Gasteiger partial charge in [0.1, 0.15) is 16.5 Å². The van der Waals surface area contributed by atoms with E-state index in [4.69, 9.17) is 9.78 Å². The van der Waals surface area contributed by atoms with Gasteiger partial charge in [0.15, 0.2) is 0 Å². The van der Waals surface area contributed by atoms with E-state index in [0.29, 0.717) is 9.75 Å². The summed E-state index contributed by atoms with van der Waals surface area (Å²) >= 11 is 1.21. The van der Waals surface area contributed by atoms with Gasteiger partial charge in [0, 0.05) is 6.07 Å². The van der Waals surface area contributed by atoms with E-state index >= 15 is 0 Å². The van der Waals surface area contributed by atoms with E-state index in [0.717, 1.165) is 0 Å². The lowest BCUT2D eigenvalue weighted by Gasteiger charge is -1.95. The van der Waals surface area contributed by atoms with E-state index in [1.165, 1.54) is 17.4 Å². The molecule has 3 rings (SSSR count). The molecular formula is C13H6N4O3S. The Balaban J connectivity index is 2.03. The van der Waals surface area contributed by atoms with E-state index in [-0.39, 0.29) is 23.0 Å². The molecule has 0 atom stereocenters. The molecule has 21 heavy (non-hydrogen) atoms. The topological polar surface area (TPSA) is 106 Å². The van der Waals surface area contributed by atoms with Gasteiger partial charge in [-0.05, 0) is 18.2 Å². The van der Waals surface area contributed by atoms with E-state index in [1.54, 1.807) is 30.3 Å². The molecule has 1 aromatic carbocycles. The quantitative estimate of drug-likeness (QED) is 0.542. The van der Waals surface area contributed by atoms with Crippen molar-refractivity contribution in [2.24, 2.45) is 0 Å². The van der Waals surface area contributed by atoms with Crippen molar-refractivity contribution in [1.29, 1.82) is 5.26 Å². The molecule has 0 N–H and O–H groups in total. The Morgan fingerprint density at radius 2 is 2.10 bits per heavy atom. The Morgan fingerprint density at radius 3 is 2.81 bits per heavy atom. The second-order valence-electron chi connectivity index (χ2n) is 3.97. The van der Waals surface area contributed by atoms with Crippen molar-refractivity contribution in [3.8, 4) is 28.2 Å². The summed E-state index contributed by atoms with van der Waals surface area (Å²) in [7, 11) is 0. The fourth-order valence-electron chi connectivity index (χ4n) is 1.77. The zero-order valence-electron chi connectivity index (χ0n) is 10.4. The Morgan fingerprint density at radius 1 is 1.29 bits per heavy atom. The highest BCUT2D eigenvalue weighted by Gasteiger charge is 2.20. The lowest BCUT2D eigenvalue weighted by Crippen LogP contribution is -1.92. The molecule has 0 saturated carbocycles. The van der Waals surface area contributed by atoms with Crippen LogP contribution in [0.5, 0.6) is 0 Å². The average molecular weight is 298 g/mol. The SMILES string of the molecule is N#Cc1ccc(-c2nc(-c3ccccc3[N+](=O)[O-])no2)s1. The highest BCUT2D eigenvalue weighted by molar-refractivity contribution is 7.15. The van der Waals surface area contributed by atoms with Crippen LogP contribution in [0.25, 0.3) is 22.2 Å². The minimum absolute atomic E-state index is 0.0891. The molecule has 0 unspecified atom stereocenters. The highest BCUT2D eigenvalue weighted by Crippen LogP contribution is 2.31. The Hall–Kier alpha value is -3.05. The lowest BCUT2D eigenvalue weighted by molar-refractivity contribution is -0.384. The molecule has 0 aliphatic heterocycles. The van der Waals surface area contributed by atoms with Crippen molar-refractivity contribution in [2.45, 2.75) is 0 Å². The summed E-state index contributed by atoms with van der Waals surface area (Å²) in [6.45, 7) is 0. The molecular weight excluding hydrogens is 292 g/mol. The molecule has 0 spiro atoms. The molecule has 0 fully saturated rings. The zero-order valence-corrected chi connectivity index (χ0v) is 11.2. The summed E-state index contributed by atoms with van der Waals surface area (Å²) in [5.41, 5.74) is 0.198. The van der Waals surface area contributed by atoms with Crippen molar-refractivity contribution in [1.82, 2.24) is 10.1 Å². The van der Waals surface area contributed by atoms with Gasteiger partial charge in [-0.3, -0.25) is 10.1 Å². The fraction of sp³-hybridized carbons (Fsp3) is 0. The number of benzene rings is 1. The van der Waals surface area contributed by atoms with Crippen molar-refractivity contribution in [2.75, 3.05) is 0 Å². The van der Waals surface area contributed by atoms with E-state index in [2.05, 4.69) is 10.1 Å². The molecule has 0 saturated heterocycles. The standard InChI is InChI=1S/C13H6N4O3S/c14-7-8-5-6-11(21-8)13-15-12(16-20-13)9-3-1-2-4-10(9)17(18)19/h1-6H. The zero-order chi connectivity index (χ0) is 14.8. The summed E-state index contributed by atoms with van der Waals surface area (Å²) in [6, 6.07) is 11.5. The van der Waals surface area contributed by atoms with Gasteiger partial charge in [0.05, 0.1) is 9.80 Å². The van der Waals surface area contributed by atoms with Crippen LogP contribution < -0.4 is 0 Å². The molecule has 8 heteroatoms. The average Bonchev–Trinajstić information content (AvgIpc) is 3.16. The number of hydrogen-bond acceptors (Lipinski definition) is 7. The number of para-hydroxylation sites is 1. The van der Waals surface area contributed by atoms with Crippen LogP contribution in [0.3, 0.4) is 0 Å². The first kappa shape index (κ1) is 13.0. The normalized spacial score (nSPS) is 10.2. The maximum atomic E-state index is 11.0. The largest absolute Gasteiger partial charge is 0.333 e. The molecule has 2 heterocycles. The van der Waals surface area contributed by atoms with Gasteiger partial charge in [-0.15, -0.1) is 11.3 Å². The maximum Gasteiger partial charge on any atom is 0.280 e. The fourth-order valence-corrected chi connectivity index (χ4v) is 2.49. The molecule has 0 bridgehead atoms. The first-order chi connectivity index (χ1) is 10.2. The predicted octanol–water partition coefficient (Wildman–Crippen LogP) is 3.24. The number of nitro benzene ring substituents is 1. The number of hydrogen-bond donors (Lipinski definition) is 0. The Kier molecular flexibility index (Phi) is 3.17. The van der Waals surface area contributed by atoms with Crippen molar-refractivity contribution in [3.63, 3.8) is 0 Å². The van der Waals surface area contributed by atoms with Crippen LogP contribution in [0, 0.1) is 21.4 Å². The first-order valence-electron chi connectivity index (χ1n) is 5.77. The van der Waals surface area contributed by atoms with Gasteiger partial charge in [-0.25, -0.2) is 0 Å². The molecule has 0 amide bonds. The summed E-state index contributed by atoms with van der Waals surface area (Å²) in [5, 5.41) is 23.6. The van der Waals surface area contributed by atoms with Crippen LogP contribution in [-0.4, -0.2) is 15.1 Å². The summed E-state index contributed by atoms with van der Waals surface area (Å²) in [6.07, 6.45) is 0. The third kappa shape index (κ3) is 2.37. The van der Waals surface area contributed by atoms with E-state index in [9.17, 15) is 10.1 Å². The molecule has 0 radical (unpaired) electrons. The third-order valence-corrected chi connectivity index (χ3v) is 3.67. The highest BCUT2D eigenvalue weighted by atomic mass is 32.1. The minimum Gasteiger partial charge on any atom is -0.333 e. The van der Waals surface area contributed by atoms with Crippen LogP contribution in [0.15, 0.2) is 40.9 Å². The smallest absolute Gasteiger partial charge is 0.280 e. The van der Waals surface area contributed by atoms with E-state index in [1.807, 2.05) is 6.07 Å². The predicted molar refractivity (Wildman–Crippen MR) is 74.4 cm³/mol. The van der Waals surface area contributed by atoms with Crippen LogP contribution in [-0.2, 0) is 0 Å². The van der Waals surface area contributed by atoms with Crippen molar-refractivity contribution in [3.05, 3.63) is 51.4 Å². The molecule has 0 aliphatic carbocycles. The number of aromatic nitrogens is 2. The molecule has 102 valence electrons. The van der Waals surface area contributed by atoms with Crippen LogP contribution in [0.4, 0.5) is 5.69 Å². The number of nitriles is 1. The first-order valence-corrected chi connectivity index (χ1v) is 6.58. The van der Waals surface area contributed by atoms with Gasteiger partial charge >= 0.3 is 0 Å². The van der Waals surface area contributed by atoms with Crippen LogP contribution in [0.1, 0.15) is 4.88 Å². The number of nitrogens with zero attached hydrogens (tertiary/aromatic N) is 4. The van der Waals surface area contributed by atoms with Crippen LogP contribution in [0.2, 0.25) is 0 Å². The second kappa shape index (κ2) is 5.15.